The van der Waals surface area contributed by atoms with Crippen LogP contribution in [0.15, 0.2) is 39.4 Å². The second-order valence-corrected chi connectivity index (χ2v) is 4.62. The molecule has 1 aromatic carbocycles. The lowest BCUT2D eigenvalue weighted by molar-refractivity contribution is 0.187. The Morgan fingerprint density at radius 3 is 2.65 bits per heavy atom. The molecule has 90 valence electrons. The molecule has 1 atom stereocenters. The number of methoxy groups -OCH3 is 1. The van der Waals surface area contributed by atoms with E-state index in [4.69, 9.17) is 20.8 Å². The number of hydrogen-bond donors (Lipinski definition) is 1. The molecule has 5 heteroatoms. The molecule has 0 bridgehead atoms. The van der Waals surface area contributed by atoms with Gasteiger partial charge in [-0.05, 0) is 40.2 Å². The maximum atomic E-state index is 10.1. The predicted octanol–water partition coefficient (Wildman–Crippen LogP) is 3.79. The summed E-state index contributed by atoms with van der Waals surface area (Å²) in [5, 5.41) is 10.5. The zero-order valence-electron chi connectivity index (χ0n) is 8.98. The van der Waals surface area contributed by atoms with E-state index >= 15 is 0 Å². The first-order chi connectivity index (χ1) is 8.11. The zero-order valence-corrected chi connectivity index (χ0v) is 11.3. The highest BCUT2D eigenvalue weighted by atomic mass is 79.9. The minimum Gasteiger partial charge on any atom is -0.497 e. The molecule has 2 aromatic rings. The molecule has 0 aliphatic rings. The summed E-state index contributed by atoms with van der Waals surface area (Å²) >= 11 is 9.25. The Hall–Kier alpha value is -0.970. The highest BCUT2D eigenvalue weighted by molar-refractivity contribution is 9.10. The minimum atomic E-state index is -0.889. The van der Waals surface area contributed by atoms with Gasteiger partial charge in [-0.25, -0.2) is 0 Å². The number of aliphatic hydroxyl groups is 1. The van der Waals surface area contributed by atoms with Gasteiger partial charge in [-0.3, -0.25) is 0 Å². The third kappa shape index (κ3) is 2.65. The molecule has 0 aliphatic heterocycles. The first kappa shape index (κ1) is 12.5. The molecule has 1 aromatic heterocycles. The smallest absolute Gasteiger partial charge is 0.169 e. The highest BCUT2D eigenvalue weighted by Crippen LogP contribution is 2.32. The van der Waals surface area contributed by atoms with E-state index in [0.717, 1.165) is 0 Å². The Bertz CT molecular complexity index is 524. The second kappa shape index (κ2) is 5.12. The number of hydrogen-bond acceptors (Lipinski definition) is 3. The van der Waals surface area contributed by atoms with Crippen molar-refractivity contribution in [3.63, 3.8) is 0 Å². The molecule has 0 saturated heterocycles. The highest BCUT2D eigenvalue weighted by Gasteiger charge is 2.17. The van der Waals surface area contributed by atoms with E-state index in [9.17, 15) is 5.11 Å². The largest absolute Gasteiger partial charge is 0.497 e. The van der Waals surface area contributed by atoms with Gasteiger partial charge in [0.2, 0.25) is 0 Å². The Kier molecular flexibility index (Phi) is 3.76. The standard InChI is InChI=1S/C12H10BrClO3/c1-16-7-2-3-8(9(14)6-7)12(15)10-4-5-11(13)17-10/h2-6,12,15H,1H3. The van der Waals surface area contributed by atoms with Gasteiger partial charge in [0.15, 0.2) is 4.67 Å². The fraction of sp³-hybridized carbons (Fsp3) is 0.167. The first-order valence-corrected chi connectivity index (χ1v) is 6.05. The number of aliphatic hydroxyl groups excluding tert-OH is 1. The van der Waals surface area contributed by atoms with Gasteiger partial charge in [-0.15, -0.1) is 0 Å². The van der Waals surface area contributed by atoms with Crippen LogP contribution in [0.4, 0.5) is 0 Å². The van der Waals surface area contributed by atoms with Gasteiger partial charge in [0.05, 0.1) is 12.1 Å². The number of benzene rings is 1. The van der Waals surface area contributed by atoms with E-state index in [2.05, 4.69) is 15.9 Å². The molecule has 0 aliphatic carbocycles. The minimum absolute atomic E-state index is 0.434. The van der Waals surface area contributed by atoms with Gasteiger partial charge in [0, 0.05) is 5.56 Å². The van der Waals surface area contributed by atoms with Crippen LogP contribution >= 0.6 is 27.5 Å². The van der Waals surface area contributed by atoms with E-state index in [1.807, 2.05) is 0 Å². The molecule has 0 spiro atoms. The van der Waals surface area contributed by atoms with Crippen LogP contribution in [0.1, 0.15) is 17.4 Å². The fourth-order valence-corrected chi connectivity index (χ4v) is 2.08. The molecule has 0 fully saturated rings. The summed E-state index contributed by atoms with van der Waals surface area (Å²) in [5.74, 6) is 1.08. The van der Waals surface area contributed by atoms with Gasteiger partial charge >= 0.3 is 0 Å². The molecule has 0 radical (unpaired) electrons. The van der Waals surface area contributed by atoms with Crippen molar-refractivity contribution >= 4 is 27.5 Å². The second-order valence-electron chi connectivity index (χ2n) is 3.43. The van der Waals surface area contributed by atoms with Crippen molar-refractivity contribution in [2.24, 2.45) is 0 Å². The van der Waals surface area contributed by atoms with Crippen LogP contribution in [0.25, 0.3) is 0 Å². The molecular weight excluding hydrogens is 307 g/mol. The molecule has 3 nitrogen and oxygen atoms in total. The monoisotopic (exact) mass is 316 g/mol. The van der Waals surface area contributed by atoms with Gasteiger partial charge in [0.1, 0.15) is 17.6 Å². The lowest BCUT2D eigenvalue weighted by atomic mass is 10.1. The van der Waals surface area contributed by atoms with Crippen LogP contribution in [-0.4, -0.2) is 12.2 Å². The lowest BCUT2D eigenvalue weighted by Gasteiger charge is -2.11. The molecule has 0 saturated carbocycles. The summed E-state index contributed by atoms with van der Waals surface area (Å²) in [7, 11) is 1.56. The van der Waals surface area contributed by atoms with E-state index in [1.165, 1.54) is 0 Å². The molecule has 2 rings (SSSR count). The van der Waals surface area contributed by atoms with E-state index in [-0.39, 0.29) is 0 Å². The molecule has 17 heavy (non-hydrogen) atoms. The quantitative estimate of drug-likeness (QED) is 0.936. The van der Waals surface area contributed by atoms with Gasteiger partial charge in [-0.2, -0.15) is 0 Å². The van der Waals surface area contributed by atoms with Crippen molar-refractivity contribution in [2.75, 3.05) is 7.11 Å². The molecule has 1 heterocycles. The summed E-state index contributed by atoms with van der Waals surface area (Å²) in [6.07, 6.45) is -0.889. The van der Waals surface area contributed by atoms with Crippen LogP contribution in [0.2, 0.25) is 5.02 Å². The van der Waals surface area contributed by atoms with E-state index in [1.54, 1.807) is 37.4 Å². The summed E-state index contributed by atoms with van der Waals surface area (Å²) in [6, 6.07) is 8.51. The van der Waals surface area contributed by atoms with Gasteiger partial charge in [-0.1, -0.05) is 17.7 Å². The topological polar surface area (TPSA) is 42.6 Å². The SMILES string of the molecule is COc1ccc(C(O)c2ccc(Br)o2)c(Cl)c1. The number of rotatable bonds is 3. The number of furan rings is 1. The third-order valence-corrected chi connectivity index (χ3v) is 3.12. The van der Waals surface area contributed by atoms with Crippen LogP contribution in [-0.2, 0) is 0 Å². The van der Waals surface area contributed by atoms with Crippen molar-refractivity contribution in [3.8, 4) is 5.75 Å². The Labute approximate surface area is 112 Å². The maximum Gasteiger partial charge on any atom is 0.169 e. The van der Waals surface area contributed by atoms with Gasteiger partial charge < -0.3 is 14.3 Å². The Balaban J connectivity index is 2.34. The Morgan fingerprint density at radius 1 is 1.35 bits per heavy atom. The van der Waals surface area contributed by atoms with E-state index < -0.39 is 6.10 Å². The molecular formula is C12H10BrClO3. The van der Waals surface area contributed by atoms with Gasteiger partial charge in [0.25, 0.3) is 0 Å². The maximum absolute atomic E-state index is 10.1. The average molecular weight is 318 g/mol. The van der Waals surface area contributed by atoms with Crippen LogP contribution < -0.4 is 4.74 Å². The van der Waals surface area contributed by atoms with Crippen molar-refractivity contribution in [3.05, 3.63) is 51.3 Å². The van der Waals surface area contributed by atoms with Crippen molar-refractivity contribution < 1.29 is 14.3 Å². The van der Waals surface area contributed by atoms with E-state index in [0.29, 0.717) is 26.8 Å². The van der Waals surface area contributed by atoms with Crippen LogP contribution in [0.3, 0.4) is 0 Å². The molecule has 1 unspecified atom stereocenters. The zero-order chi connectivity index (χ0) is 12.4. The molecule has 1 N–H and O–H groups in total. The third-order valence-electron chi connectivity index (χ3n) is 2.37. The fourth-order valence-electron chi connectivity index (χ4n) is 1.49. The first-order valence-electron chi connectivity index (χ1n) is 4.88. The summed E-state index contributed by atoms with van der Waals surface area (Å²) in [6.45, 7) is 0. The van der Waals surface area contributed by atoms with Crippen LogP contribution in [0.5, 0.6) is 5.75 Å². The van der Waals surface area contributed by atoms with Crippen molar-refractivity contribution in [1.29, 1.82) is 0 Å². The lowest BCUT2D eigenvalue weighted by Crippen LogP contribution is -1.99. The van der Waals surface area contributed by atoms with Crippen molar-refractivity contribution in [2.45, 2.75) is 6.10 Å². The summed E-state index contributed by atoms with van der Waals surface area (Å²) in [5.41, 5.74) is 0.578. The van der Waals surface area contributed by atoms with Crippen molar-refractivity contribution in [1.82, 2.24) is 0 Å². The predicted molar refractivity (Wildman–Crippen MR) is 68.5 cm³/mol. The average Bonchev–Trinajstić information content (AvgIpc) is 2.75. The van der Waals surface area contributed by atoms with Crippen LogP contribution in [0, 0.1) is 0 Å². The summed E-state index contributed by atoms with van der Waals surface area (Å²) < 4.78 is 10.9. The molecule has 0 amide bonds. The number of ether oxygens (including phenoxy) is 1. The summed E-state index contributed by atoms with van der Waals surface area (Å²) in [4.78, 5) is 0. The number of halogens is 2. The Morgan fingerprint density at radius 2 is 2.12 bits per heavy atom. The normalized spacial score (nSPS) is 12.5.